The summed E-state index contributed by atoms with van der Waals surface area (Å²) in [4.78, 5) is 27.0. The lowest BCUT2D eigenvalue weighted by molar-refractivity contribution is 0.194. The Balaban J connectivity index is 2.09. The van der Waals surface area contributed by atoms with Gasteiger partial charge in [0.2, 0.25) is 0 Å². The van der Waals surface area contributed by atoms with Crippen molar-refractivity contribution in [3.05, 3.63) is 59.8 Å². The van der Waals surface area contributed by atoms with Gasteiger partial charge < -0.3 is 20.8 Å². The molecule has 0 bridgehead atoms. The van der Waals surface area contributed by atoms with E-state index in [-0.39, 0.29) is 19.2 Å². The van der Waals surface area contributed by atoms with Gasteiger partial charge in [0.25, 0.3) is 0 Å². The molecule has 0 aliphatic heterocycles. The molecular formula is C21H22N4O4. The van der Waals surface area contributed by atoms with Gasteiger partial charge in [-0.05, 0) is 40.6 Å². The number of carbonyl (C=O) groups is 2. The Morgan fingerprint density at radius 2 is 1.79 bits per heavy atom. The van der Waals surface area contributed by atoms with Gasteiger partial charge in [0.15, 0.2) is 0 Å². The third kappa shape index (κ3) is 4.80. The maximum atomic E-state index is 11.9. The normalized spacial score (nSPS) is 10.6. The number of carbonyl (C=O) groups excluding carboxylic acids is 1. The second-order valence-corrected chi connectivity index (χ2v) is 6.39. The van der Waals surface area contributed by atoms with Crippen molar-refractivity contribution in [1.82, 2.24) is 15.6 Å². The molecule has 3 rings (SSSR count). The molecule has 1 heterocycles. The zero-order valence-electron chi connectivity index (χ0n) is 15.9. The van der Waals surface area contributed by atoms with Gasteiger partial charge in [-0.2, -0.15) is 0 Å². The summed E-state index contributed by atoms with van der Waals surface area (Å²) >= 11 is 0. The first-order valence-electron chi connectivity index (χ1n) is 9.15. The van der Waals surface area contributed by atoms with Gasteiger partial charge in [-0.1, -0.05) is 36.4 Å². The van der Waals surface area contributed by atoms with Crippen LogP contribution in [0.1, 0.15) is 18.1 Å². The summed E-state index contributed by atoms with van der Waals surface area (Å²) in [6, 6.07) is 12.7. The van der Waals surface area contributed by atoms with E-state index in [4.69, 9.17) is 5.11 Å². The van der Waals surface area contributed by atoms with Crippen LogP contribution < -0.4 is 16.0 Å². The molecule has 150 valence electrons. The number of benzene rings is 2. The highest BCUT2D eigenvalue weighted by molar-refractivity contribution is 6.01. The van der Waals surface area contributed by atoms with Crippen molar-refractivity contribution < 1.29 is 19.8 Å². The lowest BCUT2D eigenvalue weighted by atomic mass is 9.95. The van der Waals surface area contributed by atoms with Gasteiger partial charge in [-0.3, -0.25) is 5.32 Å². The van der Waals surface area contributed by atoms with Crippen molar-refractivity contribution in [2.24, 2.45) is 0 Å². The fourth-order valence-electron chi connectivity index (χ4n) is 3.05. The van der Waals surface area contributed by atoms with Crippen LogP contribution in [0.25, 0.3) is 21.9 Å². The second kappa shape index (κ2) is 9.03. The Hall–Kier alpha value is -3.65. The average Bonchev–Trinajstić information content (AvgIpc) is 2.72. The molecule has 5 N–H and O–H groups in total. The van der Waals surface area contributed by atoms with Crippen LogP contribution in [0, 0.1) is 0 Å². The zero-order chi connectivity index (χ0) is 20.8. The summed E-state index contributed by atoms with van der Waals surface area (Å²) in [5, 5.41) is 27.5. The number of urea groups is 1. The molecule has 8 nitrogen and oxygen atoms in total. The number of aromatic nitrogens is 1. The summed E-state index contributed by atoms with van der Waals surface area (Å²) in [5.74, 6) is 0.389. The summed E-state index contributed by atoms with van der Waals surface area (Å²) < 4.78 is 0. The largest absolute Gasteiger partial charge is 0.465 e. The number of aliphatic hydroxyl groups is 1. The minimum atomic E-state index is -1.11. The quantitative estimate of drug-likeness (QED) is 0.439. The van der Waals surface area contributed by atoms with Crippen LogP contribution >= 0.6 is 0 Å². The molecule has 3 aromatic rings. The minimum absolute atomic E-state index is 0.0364. The molecule has 0 atom stereocenters. The molecule has 0 aliphatic rings. The van der Waals surface area contributed by atoms with E-state index in [0.29, 0.717) is 12.4 Å². The van der Waals surface area contributed by atoms with Gasteiger partial charge in [0, 0.05) is 24.7 Å². The number of aliphatic hydroxyl groups excluding tert-OH is 1. The fourth-order valence-corrected chi connectivity index (χ4v) is 3.05. The number of pyridine rings is 1. The number of nitrogens with one attached hydrogen (secondary N) is 3. The number of hydrogen-bond acceptors (Lipinski definition) is 4. The van der Waals surface area contributed by atoms with Gasteiger partial charge in [-0.15, -0.1) is 0 Å². The molecule has 0 saturated carbocycles. The highest BCUT2D eigenvalue weighted by Crippen LogP contribution is 2.32. The number of rotatable bonds is 6. The Morgan fingerprint density at radius 3 is 2.45 bits per heavy atom. The fraction of sp³-hybridized carbons (Fsp3) is 0.190. The first-order chi connectivity index (χ1) is 14.0. The van der Waals surface area contributed by atoms with Gasteiger partial charge in [0.05, 0.1) is 6.61 Å². The number of nitrogens with zero attached hydrogens (tertiary/aromatic N) is 1. The number of hydrogen-bond donors (Lipinski definition) is 5. The van der Waals surface area contributed by atoms with Crippen LogP contribution in [0.5, 0.6) is 0 Å². The van der Waals surface area contributed by atoms with E-state index < -0.39 is 6.09 Å². The van der Waals surface area contributed by atoms with Gasteiger partial charge in [-0.25, -0.2) is 14.6 Å². The highest BCUT2D eigenvalue weighted by atomic mass is 16.4. The SMILES string of the molecule is CCNC(=O)Nc1cc2c(-c3ccc(CO)cc3)ccc(CNC(=O)O)c2cn1. The van der Waals surface area contributed by atoms with Crippen molar-refractivity contribution in [2.45, 2.75) is 20.1 Å². The van der Waals surface area contributed by atoms with E-state index in [1.165, 1.54) is 0 Å². The van der Waals surface area contributed by atoms with E-state index in [1.807, 2.05) is 43.3 Å². The summed E-state index contributed by atoms with van der Waals surface area (Å²) in [5.41, 5.74) is 3.42. The number of amides is 3. The van der Waals surface area contributed by atoms with Crippen LogP contribution in [0.3, 0.4) is 0 Å². The predicted octanol–water partition coefficient (Wildman–Crippen LogP) is 3.30. The monoisotopic (exact) mass is 394 g/mol. The lowest BCUT2D eigenvalue weighted by Gasteiger charge is -2.14. The van der Waals surface area contributed by atoms with Crippen LogP contribution in [-0.2, 0) is 13.2 Å². The van der Waals surface area contributed by atoms with Crippen LogP contribution in [0.15, 0.2) is 48.7 Å². The van der Waals surface area contributed by atoms with E-state index in [0.717, 1.165) is 33.0 Å². The Bertz CT molecular complexity index is 1030. The molecule has 0 aliphatic carbocycles. The number of carboxylic acid groups (broad SMARTS) is 1. The molecule has 8 heteroatoms. The van der Waals surface area contributed by atoms with Crippen molar-refractivity contribution in [3.63, 3.8) is 0 Å². The summed E-state index contributed by atoms with van der Waals surface area (Å²) in [6.07, 6.45) is 0.519. The minimum Gasteiger partial charge on any atom is -0.465 e. The van der Waals surface area contributed by atoms with E-state index >= 15 is 0 Å². The van der Waals surface area contributed by atoms with Crippen molar-refractivity contribution in [1.29, 1.82) is 0 Å². The number of anilines is 1. The molecule has 0 saturated heterocycles. The molecule has 3 amide bonds. The van der Waals surface area contributed by atoms with Crippen molar-refractivity contribution in [3.8, 4) is 11.1 Å². The van der Waals surface area contributed by atoms with E-state index in [9.17, 15) is 14.7 Å². The summed E-state index contributed by atoms with van der Waals surface area (Å²) in [7, 11) is 0. The van der Waals surface area contributed by atoms with Crippen LogP contribution in [0.4, 0.5) is 15.4 Å². The molecule has 1 aromatic heterocycles. The molecule has 0 spiro atoms. The average molecular weight is 394 g/mol. The lowest BCUT2D eigenvalue weighted by Crippen LogP contribution is -2.28. The van der Waals surface area contributed by atoms with Crippen LogP contribution in [0.2, 0.25) is 0 Å². The second-order valence-electron chi connectivity index (χ2n) is 6.39. The predicted molar refractivity (Wildman–Crippen MR) is 111 cm³/mol. The maximum Gasteiger partial charge on any atom is 0.404 e. The smallest absolute Gasteiger partial charge is 0.404 e. The topological polar surface area (TPSA) is 124 Å². The first-order valence-corrected chi connectivity index (χ1v) is 9.15. The molecule has 0 radical (unpaired) electrons. The van der Waals surface area contributed by atoms with Crippen molar-refractivity contribution in [2.75, 3.05) is 11.9 Å². The van der Waals surface area contributed by atoms with Gasteiger partial charge >= 0.3 is 12.1 Å². The third-order valence-corrected chi connectivity index (χ3v) is 4.45. The Labute approximate surface area is 167 Å². The van der Waals surface area contributed by atoms with Crippen LogP contribution in [-0.4, -0.2) is 33.9 Å². The van der Waals surface area contributed by atoms with Gasteiger partial charge in [0.1, 0.15) is 5.82 Å². The Kier molecular flexibility index (Phi) is 6.25. The zero-order valence-corrected chi connectivity index (χ0v) is 15.9. The molecule has 2 aromatic carbocycles. The molecular weight excluding hydrogens is 372 g/mol. The third-order valence-electron chi connectivity index (χ3n) is 4.45. The molecule has 0 unspecified atom stereocenters. The molecule has 29 heavy (non-hydrogen) atoms. The standard InChI is InChI=1S/C21H22N4O4/c1-2-22-20(27)25-19-9-17-16(14-5-3-13(12-26)4-6-14)8-7-15(10-24-21(28)29)18(17)11-23-19/h3-9,11,24,26H,2,10,12H2,1H3,(H,28,29)(H2,22,23,25,27). The Morgan fingerprint density at radius 1 is 1.03 bits per heavy atom. The highest BCUT2D eigenvalue weighted by Gasteiger charge is 2.12. The maximum absolute atomic E-state index is 11.9. The van der Waals surface area contributed by atoms with E-state index in [1.54, 1.807) is 12.3 Å². The van der Waals surface area contributed by atoms with E-state index in [2.05, 4.69) is 20.9 Å². The summed E-state index contributed by atoms with van der Waals surface area (Å²) in [6.45, 7) is 2.42. The van der Waals surface area contributed by atoms with Crippen molar-refractivity contribution >= 4 is 28.7 Å². The molecule has 0 fully saturated rings. The number of fused-ring (bicyclic) bond motifs is 1. The first kappa shape index (κ1) is 20.1.